The van der Waals surface area contributed by atoms with Crippen molar-refractivity contribution in [3.05, 3.63) is 65.0 Å². The first-order valence-electron chi connectivity index (χ1n) is 6.73. The zero-order valence-electron chi connectivity index (χ0n) is 12.4. The number of nitrogens with one attached hydrogen (secondary N) is 1. The molecule has 0 aromatic heterocycles. The van der Waals surface area contributed by atoms with Crippen LogP contribution in [0, 0.1) is 12.7 Å². The molecule has 106 valence electrons. The SMILES string of the molecule is CNC(c1ccc(N(C)C)cc1)c1cc(C)cc(F)c1. The van der Waals surface area contributed by atoms with Gasteiger partial charge in [-0.15, -0.1) is 0 Å². The van der Waals surface area contributed by atoms with E-state index in [1.165, 1.54) is 0 Å². The first kappa shape index (κ1) is 14.5. The lowest BCUT2D eigenvalue weighted by Crippen LogP contribution is -2.18. The zero-order valence-corrected chi connectivity index (χ0v) is 12.4. The molecule has 2 aromatic carbocycles. The van der Waals surface area contributed by atoms with Gasteiger partial charge < -0.3 is 10.2 Å². The van der Waals surface area contributed by atoms with Gasteiger partial charge in [0.25, 0.3) is 0 Å². The standard InChI is InChI=1S/C17H21FN2/c1-12-9-14(11-15(18)10-12)17(19-2)13-5-7-16(8-6-13)20(3)4/h5-11,17,19H,1-4H3. The fourth-order valence-corrected chi connectivity index (χ4v) is 2.42. The topological polar surface area (TPSA) is 15.3 Å². The molecule has 0 heterocycles. The molecular weight excluding hydrogens is 251 g/mol. The summed E-state index contributed by atoms with van der Waals surface area (Å²) in [5.41, 5.74) is 4.16. The molecule has 3 heteroatoms. The number of halogens is 1. The van der Waals surface area contributed by atoms with Crippen LogP contribution in [0.5, 0.6) is 0 Å². The highest BCUT2D eigenvalue weighted by molar-refractivity contribution is 5.47. The van der Waals surface area contributed by atoms with E-state index in [4.69, 9.17) is 0 Å². The second-order valence-electron chi connectivity index (χ2n) is 5.27. The van der Waals surface area contributed by atoms with Gasteiger partial charge in [0, 0.05) is 19.8 Å². The maximum absolute atomic E-state index is 13.6. The van der Waals surface area contributed by atoms with Crippen LogP contribution >= 0.6 is 0 Å². The number of hydrogen-bond donors (Lipinski definition) is 1. The molecule has 2 nitrogen and oxygen atoms in total. The Morgan fingerprint density at radius 1 is 1.00 bits per heavy atom. The lowest BCUT2D eigenvalue weighted by atomic mass is 9.97. The highest BCUT2D eigenvalue weighted by Crippen LogP contribution is 2.25. The predicted molar refractivity (Wildman–Crippen MR) is 82.8 cm³/mol. The van der Waals surface area contributed by atoms with E-state index in [9.17, 15) is 4.39 Å². The molecule has 0 aliphatic carbocycles. The molecule has 20 heavy (non-hydrogen) atoms. The summed E-state index contributed by atoms with van der Waals surface area (Å²) in [4.78, 5) is 2.06. The highest BCUT2D eigenvalue weighted by Gasteiger charge is 2.13. The molecule has 0 saturated heterocycles. The van der Waals surface area contributed by atoms with E-state index in [1.807, 2.05) is 34.1 Å². The van der Waals surface area contributed by atoms with Crippen LogP contribution in [0.3, 0.4) is 0 Å². The summed E-state index contributed by atoms with van der Waals surface area (Å²) in [5, 5.41) is 3.26. The van der Waals surface area contributed by atoms with Crippen molar-refractivity contribution >= 4 is 5.69 Å². The van der Waals surface area contributed by atoms with Crippen LogP contribution < -0.4 is 10.2 Å². The van der Waals surface area contributed by atoms with E-state index in [1.54, 1.807) is 12.1 Å². The Kier molecular flexibility index (Phi) is 4.40. The summed E-state index contributed by atoms with van der Waals surface area (Å²) in [6.07, 6.45) is 0. The Hall–Kier alpha value is -1.87. The van der Waals surface area contributed by atoms with E-state index in [2.05, 4.69) is 34.5 Å². The van der Waals surface area contributed by atoms with Gasteiger partial charge in [-0.05, 0) is 54.9 Å². The largest absolute Gasteiger partial charge is 0.378 e. The van der Waals surface area contributed by atoms with Gasteiger partial charge in [-0.1, -0.05) is 18.2 Å². The molecule has 2 aromatic rings. The minimum Gasteiger partial charge on any atom is -0.378 e. The van der Waals surface area contributed by atoms with Crippen LogP contribution in [0.15, 0.2) is 42.5 Å². The molecule has 0 bridgehead atoms. The molecule has 0 aliphatic heterocycles. The normalized spacial score (nSPS) is 12.2. The van der Waals surface area contributed by atoms with Crippen molar-refractivity contribution in [1.82, 2.24) is 5.32 Å². The molecule has 2 rings (SSSR count). The van der Waals surface area contributed by atoms with Gasteiger partial charge in [-0.2, -0.15) is 0 Å². The number of rotatable bonds is 4. The minimum atomic E-state index is -0.190. The summed E-state index contributed by atoms with van der Waals surface area (Å²) < 4.78 is 13.6. The Morgan fingerprint density at radius 3 is 2.15 bits per heavy atom. The molecule has 0 saturated carbocycles. The van der Waals surface area contributed by atoms with Crippen molar-refractivity contribution in [2.45, 2.75) is 13.0 Å². The van der Waals surface area contributed by atoms with Crippen molar-refractivity contribution in [2.24, 2.45) is 0 Å². The van der Waals surface area contributed by atoms with Gasteiger partial charge >= 0.3 is 0 Å². The van der Waals surface area contributed by atoms with Crippen LogP contribution in [-0.2, 0) is 0 Å². The fourth-order valence-electron chi connectivity index (χ4n) is 2.42. The molecule has 0 spiro atoms. The molecule has 1 N–H and O–H groups in total. The summed E-state index contributed by atoms with van der Waals surface area (Å²) in [6, 6.07) is 13.5. The van der Waals surface area contributed by atoms with Crippen LogP contribution in [0.2, 0.25) is 0 Å². The minimum absolute atomic E-state index is 0.000567. The fraction of sp³-hybridized carbons (Fsp3) is 0.294. The predicted octanol–water partition coefficient (Wildman–Crippen LogP) is 3.51. The number of aryl methyl sites for hydroxylation is 1. The Balaban J connectivity index is 2.36. The van der Waals surface area contributed by atoms with Crippen LogP contribution in [0.4, 0.5) is 10.1 Å². The summed E-state index contributed by atoms with van der Waals surface area (Å²) in [7, 11) is 5.92. The third-order valence-corrected chi connectivity index (χ3v) is 3.43. The highest BCUT2D eigenvalue weighted by atomic mass is 19.1. The number of hydrogen-bond acceptors (Lipinski definition) is 2. The van der Waals surface area contributed by atoms with Crippen LogP contribution in [0.1, 0.15) is 22.7 Å². The van der Waals surface area contributed by atoms with Gasteiger partial charge in [0.2, 0.25) is 0 Å². The smallest absolute Gasteiger partial charge is 0.123 e. The molecule has 0 radical (unpaired) electrons. The summed E-state index contributed by atoms with van der Waals surface area (Å²) in [6.45, 7) is 1.91. The first-order chi connectivity index (χ1) is 9.51. The molecule has 1 atom stereocenters. The van der Waals surface area contributed by atoms with E-state index in [-0.39, 0.29) is 11.9 Å². The van der Waals surface area contributed by atoms with Crippen molar-refractivity contribution in [3.63, 3.8) is 0 Å². The number of benzene rings is 2. The first-order valence-corrected chi connectivity index (χ1v) is 6.73. The van der Waals surface area contributed by atoms with E-state index in [0.29, 0.717) is 0 Å². The molecule has 1 unspecified atom stereocenters. The average Bonchev–Trinajstić information content (AvgIpc) is 2.39. The van der Waals surface area contributed by atoms with Gasteiger partial charge in [0.15, 0.2) is 0 Å². The lowest BCUT2D eigenvalue weighted by molar-refractivity contribution is 0.615. The summed E-state index contributed by atoms with van der Waals surface area (Å²) in [5.74, 6) is -0.190. The maximum Gasteiger partial charge on any atom is 0.123 e. The second-order valence-corrected chi connectivity index (χ2v) is 5.27. The molecule has 0 fully saturated rings. The van der Waals surface area contributed by atoms with Crippen LogP contribution in [-0.4, -0.2) is 21.1 Å². The molecule has 0 aliphatic rings. The third-order valence-electron chi connectivity index (χ3n) is 3.43. The monoisotopic (exact) mass is 272 g/mol. The van der Waals surface area contributed by atoms with Crippen LogP contribution in [0.25, 0.3) is 0 Å². The summed E-state index contributed by atoms with van der Waals surface area (Å²) >= 11 is 0. The lowest BCUT2D eigenvalue weighted by Gasteiger charge is -2.19. The van der Waals surface area contributed by atoms with E-state index in [0.717, 1.165) is 22.4 Å². The second kappa shape index (κ2) is 6.06. The number of anilines is 1. The molecular formula is C17H21FN2. The Bertz CT molecular complexity index is 556. The quantitative estimate of drug-likeness (QED) is 0.916. The maximum atomic E-state index is 13.6. The molecule has 0 amide bonds. The van der Waals surface area contributed by atoms with Gasteiger partial charge in [0.05, 0.1) is 6.04 Å². The van der Waals surface area contributed by atoms with Gasteiger partial charge in [-0.25, -0.2) is 4.39 Å². The third kappa shape index (κ3) is 3.17. The van der Waals surface area contributed by atoms with E-state index >= 15 is 0 Å². The van der Waals surface area contributed by atoms with Crippen molar-refractivity contribution in [3.8, 4) is 0 Å². The van der Waals surface area contributed by atoms with Gasteiger partial charge in [-0.3, -0.25) is 0 Å². The Labute approximate surface area is 120 Å². The van der Waals surface area contributed by atoms with Crippen molar-refractivity contribution in [2.75, 3.05) is 26.0 Å². The van der Waals surface area contributed by atoms with E-state index < -0.39 is 0 Å². The van der Waals surface area contributed by atoms with Crippen molar-refractivity contribution < 1.29 is 4.39 Å². The van der Waals surface area contributed by atoms with Crippen molar-refractivity contribution in [1.29, 1.82) is 0 Å². The number of nitrogens with zero attached hydrogens (tertiary/aromatic N) is 1. The van der Waals surface area contributed by atoms with Gasteiger partial charge in [0.1, 0.15) is 5.82 Å². The zero-order chi connectivity index (χ0) is 14.7. The average molecular weight is 272 g/mol. The Morgan fingerprint density at radius 2 is 1.65 bits per heavy atom.